The maximum atomic E-state index is 12.1. The molecule has 0 saturated heterocycles. The Morgan fingerprint density at radius 1 is 1.31 bits per heavy atom. The van der Waals surface area contributed by atoms with Crippen LogP contribution in [0.3, 0.4) is 0 Å². The van der Waals surface area contributed by atoms with E-state index >= 15 is 0 Å². The lowest BCUT2D eigenvalue weighted by molar-refractivity contribution is 0.123. The van der Waals surface area contributed by atoms with E-state index in [0.29, 0.717) is 16.9 Å². The lowest BCUT2D eigenvalue weighted by atomic mass is 10.5. The average Bonchev–Trinajstić information content (AvgIpc) is 2.63. The molecular formula is C10H14F2N4. The number of rotatable bonds is 2. The Morgan fingerprint density at radius 3 is 2.62 bits per heavy atom. The minimum absolute atomic E-state index is 0.408. The molecule has 2 aromatic rings. The van der Waals surface area contributed by atoms with Crippen LogP contribution in [0.25, 0.3) is 11.2 Å². The smallest absolute Gasteiger partial charge is 0.249 e. The van der Waals surface area contributed by atoms with Crippen molar-refractivity contribution < 1.29 is 8.78 Å². The van der Waals surface area contributed by atoms with Crippen molar-refractivity contribution in [1.29, 1.82) is 0 Å². The molecule has 0 bridgehead atoms. The van der Waals surface area contributed by atoms with Gasteiger partial charge in [0.2, 0.25) is 0 Å². The molecule has 0 atom stereocenters. The molecule has 0 saturated carbocycles. The minimum atomic E-state index is -2.43. The SMILES string of the molecule is CC.Cc1cnc2cnn(CC(F)F)c2n1. The molecule has 4 nitrogen and oxygen atoms in total. The van der Waals surface area contributed by atoms with Crippen LogP contribution in [0.15, 0.2) is 12.4 Å². The summed E-state index contributed by atoms with van der Waals surface area (Å²) in [6.45, 7) is 5.31. The number of aromatic nitrogens is 4. The third-order valence-corrected chi connectivity index (χ3v) is 1.78. The summed E-state index contributed by atoms with van der Waals surface area (Å²) >= 11 is 0. The van der Waals surface area contributed by atoms with Crippen LogP contribution in [0.1, 0.15) is 19.5 Å². The second kappa shape index (κ2) is 5.48. The van der Waals surface area contributed by atoms with Crippen molar-refractivity contribution in [1.82, 2.24) is 19.7 Å². The van der Waals surface area contributed by atoms with E-state index in [0.717, 1.165) is 0 Å². The molecule has 0 aliphatic heterocycles. The first kappa shape index (κ1) is 12.5. The van der Waals surface area contributed by atoms with Gasteiger partial charge in [0, 0.05) is 6.20 Å². The molecule has 0 radical (unpaired) electrons. The van der Waals surface area contributed by atoms with E-state index in [1.54, 1.807) is 13.1 Å². The van der Waals surface area contributed by atoms with Crippen LogP contribution in [-0.4, -0.2) is 26.2 Å². The summed E-state index contributed by atoms with van der Waals surface area (Å²) in [5.41, 5.74) is 1.63. The summed E-state index contributed by atoms with van der Waals surface area (Å²) in [4.78, 5) is 8.11. The molecular weight excluding hydrogens is 214 g/mol. The molecule has 0 aliphatic carbocycles. The van der Waals surface area contributed by atoms with Gasteiger partial charge in [-0.05, 0) is 6.92 Å². The normalized spacial score (nSPS) is 10.4. The van der Waals surface area contributed by atoms with Crippen LogP contribution in [0.2, 0.25) is 0 Å². The molecule has 0 unspecified atom stereocenters. The predicted molar refractivity (Wildman–Crippen MR) is 57.4 cm³/mol. The highest BCUT2D eigenvalue weighted by Gasteiger charge is 2.10. The first-order valence-electron chi connectivity index (χ1n) is 5.10. The van der Waals surface area contributed by atoms with Crippen LogP contribution in [0.4, 0.5) is 8.78 Å². The van der Waals surface area contributed by atoms with Crippen molar-refractivity contribution in [3.05, 3.63) is 18.1 Å². The highest BCUT2D eigenvalue weighted by molar-refractivity contribution is 5.68. The van der Waals surface area contributed by atoms with E-state index in [2.05, 4.69) is 15.1 Å². The Labute approximate surface area is 92.3 Å². The Balaban J connectivity index is 0.000000606. The Hall–Kier alpha value is -1.59. The number of fused-ring (bicyclic) bond motifs is 1. The fraction of sp³-hybridized carbons (Fsp3) is 0.500. The van der Waals surface area contributed by atoms with Gasteiger partial charge in [0.15, 0.2) is 5.65 Å². The number of hydrogen-bond acceptors (Lipinski definition) is 3. The van der Waals surface area contributed by atoms with Gasteiger partial charge in [-0.15, -0.1) is 0 Å². The standard InChI is InChI=1S/C8H8F2N4.C2H6/c1-5-2-11-6-3-12-14(4-7(9)10)8(6)13-5;1-2/h2-3,7H,4H2,1H3;1-2H3. The van der Waals surface area contributed by atoms with Gasteiger partial charge in [0.25, 0.3) is 6.43 Å². The number of alkyl halides is 2. The van der Waals surface area contributed by atoms with Gasteiger partial charge in [0.1, 0.15) is 12.1 Å². The molecule has 0 fully saturated rings. The molecule has 2 aromatic heterocycles. The van der Waals surface area contributed by atoms with Crippen molar-refractivity contribution in [2.75, 3.05) is 0 Å². The summed E-state index contributed by atoms with van der Waals surface area (Å²) in [7, 11) is 0. The Bertz CT molecular complexity index is 453. The third kappa shape index (κ3) is 2.71. The largest absolute Gasteiger partial charge is 0.258 e. The van der Waals surface area contributed by atoms with Gasteiger partial charge >= 0.3 is 0 Å². The van der Waals surface area contributed by atoms with E-state index in [1.165, 1.54) is 10.9 Å². The van der Waals surface area contributed by atoms with E-state index in [4.69, 9.17) is 0 Å². The monoisotopic (exact) mass is 228 g/mol. The molecule has 0 amide bonds. The van der Waals surface area contributed by atoms with Crippen LogP contribution >= 0.6 is 0 Å². The van der Waals surface area contributed by atoms with Crippen molar-refractivity contribution in [2.45, 2.75) is 33.7 Å². The van der Waals surface area contributed by atoms with E-state index in [-0.39, 0.29) is 0 Å². The van der Waals surface area contributed by atoms with Crippen LogP contribution in [-0.2, 0) is 6.54 Å². The molecule has 0 spiro atoms. The Morgan fingerprint density at radius 2 is 2.00 bits per heavy atom. The predicted octanol–water partition coefficient (Wildman–Crippen LogP) is 2.43. The quantitative estimate of drug-likeness (QED) is 0.792. The lowest BCUT2D eigenvalue weighted by Crippen LogP contribution is -2.08. The van der Waals surface area contributed by atoms with E-state index < -0.39 is 13.0 Å². The van der Waals surface area contributed by atoms with Crippen molar-refractivity contribution in [3.8, 4) is 0 Å². The molecule has 0 aliphatic rings. The van der Waals surface area contributed by atoms with Crippen molar-refractivity contribution >= 4 is 11.2 Å². The molecule has 16 heavy (non-hydrogen) atoms. The fourth-order valence-corrected chi connectivity index (χ4v) is 1.20. The third-order valence-electron chi connectivity index (χ3n) is 1.78. The number of aryl methyl sites for hydroxylation is 1. The molecule has 6 heteroatoms. The summed E-state index contributed by atoms with van der Waals surface area (Å²) in [5, 5.41) is 3.79. The highest BCUT2D eigenvalue weighted by atomic mass is 19.3. The fourth-order valence-electron chi connectivity index (χ4n) is 1.20. The van der Waals surface area contributed by atoms with E-state index in [9.17, 15) is 8.78 Å². The number of hydrogen-bond donors (Lipinski definition) is 0. The molecule has 88 valence electrons. The summed E-state index contributed by atoms with van der Waals surface area (Å²) < 4.78 is 25.4. The molecule has 2 rings (SSSR count). The molecule has 0 aromatic carbocycles. The minimum Gasteiger partial charge on any atom is -0.249 e. The first-order valence-corrected chi connectivity index (χ1v) is 5.10. The van der Waals surface area contributed by atoms with Gasteiger partial charge in [-0.25, -0.2) is 23.4 Å². The lowest BCUT2D eigenvalue weighted by Gasteiger charge is -2.00. The van der Waals surface area contributed by atoms with Gasteiger partial charge in [0.05, 0.1) is 11.9 Å². The maximum Gasteiger partial charge on any atom is 0.258 e. The Kier molecular flexibility index (Phi) is 4.28. The topological polar surface area (TPSA) is 43.6 Å². The zero-order chi connectivity index (χ0) is 12.1. The van der Waals surface area contributed by atoms with Crippen molar-refractivity contribution in [2.24, 2.45) is 0 Å². The zero-order valence-corrected chi connectivity index (χ0v) is 9.48. The average molecular weight is 228 g/mol. The summed E-state index contributed by atoms with van der Waals surface area (Å²) in [5.74, 6) is 0. The van der Waals surface area contributed by atoms with Crippen LogP contribution in [0.5, 0.6) is 0 Å². The molecule has 2 heterocycles. The first-order chi connectivity index (χ1) is 7.66. The van der Waals surface area contributed by atoms with Gasteiger partial charge < -0.3 is 0 Å². The summed E-state index contributed by atoms with van der Waals surface area (Å²) in [6.07, 6.45) is 0.585. The second-order valence-corrected chi connectivity index (χ2v) is 2.94. The summed E-state index contributed by atoms with van der Waals surface area (Å²) in [6, 6.07) is 0. The van der Waals surface area contributed by atoms with Gasteiger partial charge in [-0.1, -0.05) is 13.8 Å². The number of nitrogens with zero attached hydrogens (tertiary/aromatic N) is 4. The van der Waals surface area contributed by atoms with Crippen molar-refractivity contribution in [3.63, 3.8) is 0 Å². The van der Waals surface area contributed by atoms with Gasteiger partial charge in [-0.2, -0.15) is 5.10 Å². The molecule has 0 N–H and O–H groups in total. The zero-order valence-electron chi connectivity index (χ0n) is 9.48. The van der Waals surface area contributed by atoms with Gasteiger partial charge in [-0.3, -0.25) is 0 Å². The van der Waals surface area contributed by atoms with Crippen LogP contribution < -0.4 is 0 Å². The second-order valence-electron chi connectivity index (χ2n) is 2.94. The van der Waals surface area contributed by atoms with E-state index in [1.807, 2.05) is 13.8 Å². The van der Waals surface area contributed by atoms with Crippen LogP contribution in [0, 0.1) is 6.92 Å². The number of halogens is 2. The maximum absolute atomic E-state index is 12.1. The highest BCUT2D eigenvalue weighted by Crippen LogP contribution is 2.09.